The first-order valence-electron chi connectivity index (χ1n) is 8.19. The van der Waals surface area contributed by atoms with Crippen LogP contribution in [-0.2, 0) is 0 Å². The van der Waals surface area contributed by atoms with Crippen LogP contribution in [0.3, 0.4) is 0 Å². The van der Waals surface area contributed by atoms with E-state index in [0.717, 1.165) is 18.3 Å². The molecule has 0 amide bonds. The van der Waals surface area contributed by atoms with Crippen molar-refractivity contribution in [2.24, 2.45) is 5.92 Å². The van der Waals surface area contributed by atoms with Crippen LogP contribution in [0.4, 0.5) is 0 Å². The van der Waals surface area contributed by atoms with Gasteiger partial charge in [0.1, 0.15) is 5.75 Å². The summed E-state index contributed by atoms with van der Waals surface area (Å²) >= 11 is 0. The third-order valence-electron chi connectivity index (χ3n) is 4.49. The predicted octanol–water partition coefficient (Wildman–Crippen LogP) is 2.78. The van der Waals surface area contributed by atoms with Crippen molar-refractivity contribution in [3.63, 3.8) is 0 Å². The van der Waals surface area contributed by atoms with Gasteiger partial charge in [-0.05, 0) is 57.1 Å². The zero-order valence-electron chi connectivity index (χ0n) is 13.4. The smallest absolute Gasteiger partial charge is 0.122 e. The number of likely N-dealkylation sites (tertiary alicyclic amines) is 1. The van der Waals surface area contributed by atoms with E-state index in [2.05, 4.69) is 39.0 Å². The highest BCUT2D eigenvalue weighted by atomic mass is 16.5. The lowest BCUT2D eigenvalue weighted by Crippen LogP contribution is -3.13. The topological polar surface area (TPSA) is 13.7 Å². The highest BCUT2D eigenvalue weighted by Crippen LogP contribution is 2.18. The van der Waals surface area contributed by atoms with Gasteiger partial charge in [-0.1, -0.05) is 24.6 Å². The van der Waals surface area contributed by atoms with Crippen LogP contribution in [0.1, 0.15) is 43.7 Å². The van der Waals surface area contributed by atoms with Gasteiger partial charge in [0.15, 0.2) is 0 Å². The van der Waals surface area contributed by atoms with Crippen molar-refractivity contribution in [1.82, 2.24) is 0 Å². The Balaban J connectivity index is 1.59. The van der Waals surface area contributed by atoms with E-state index in [0.29, 0.717) is 0 Å². The molecular formula is C18H30NO+. The van der Waals surface area contributed by atoms with Gasteiger partial charge >= 0.3 is 0 Å². The first kappa shape index (κ1) is 15.4. The molecule has 2 heteroatoms. The molecule has 1 saturated heterocycles. The quantitative estimate of drug-likeness (QED) is 0.789. The molecule has 1 aliphatic rings. The molecule has 0 bridgehead atoms. The molecule has 1 aliphatic heterocycles. The predicted molar refractivity (Wildman–Crippen MR) is 84.6 cm³/mol. The van der Waals surface area contributed by atoms with E-state index in [1.54, 1.807) is 4.90 Å². The maximum absolute atomic E-state index is 5.89. The Morgan fingerprint density at radius 1 is 1.15 bits per heavy atom. The average molecular weight is 276 g/mol. The van der Waals surface area contributed by atoms with E-state index < -0.39 is 0 Å². The van der Waals surface area contributed by atoms with Crippen LogP contribution >= 0.6 is 0 Å². The molecule has 1 aromatic rings. The van der Waals surface area contributed by atoms with Gasteiger partial charge in [0.25, 0.3) is 0 Å². The minimum absolute atomic E-state index is 0.855. The first-order valence-corrected chi connectivity index (χ1v) is 8.19. The van der Waals surface area contributed by atoms with Crippen molar-refractivity contribution in [2.75, 3.05) is 26.2 Å². The van der Waals surface area contributed by atoms with E-state index >= 15 is 0 Å². The summed E-state index contributed by atoms with van der Waals surface area (Å²) < 4.78 is 5.89. The number of hydrogen-bond acceptors (Lipinski definition) is 1. The highest BCUT2D eigenvalue weighted by molar-refractivity contribution is 5.35. The van der Waals surface area contributed by atoms with Crippen LogP contribution in [0.25, 0.3) is 0 Å². The van der Waals surface area contributed by atoms with Crippen molar-refractivity contribution in [2.45, 2.75) is 46.5 Å². The number of hydrogen-bond donors (Lipinski definition) is 1. The molecule has 0 spiro atoms. The van der Waals surface area contributed by atoms with E-state index in [1.165, 1.54) is 56.4 Å². The van der Waals surface area contributed by atoms with Crippen molar-refractivity contribution in [3.05, 3.63) is 29.3 Å². The molecule has 0 saturated carbocycles. The largest absolute Gasteiger partial charge is 0.493 e. The van der Waals surface area contributed by atoms with Crippen LogP contribution < -0.4 is 9.64 Å². The number of benzene rings is 1. The molecule has 2 nitrogen and oxygen atoms in total. The van der Waals surface area contributed by atoms with E-state index in [9.17, 15) is 0 Å². The fraction of sp³-hybridized carbons (Fsp3) is 0.667. The van der Waals surface area contributed by atoms with Crippen LogP contribution in [-0.4, -0.2) is 26.2 Å². The molecule has 20 heavy (non-hydrogen) atoms. The second-order valence-corrected chi connectivity index (χ2v) is 6.51. The maximum atomic E-state index is 5.89. The lowest BCUT2D eigenvalue weighted by molar-refractivity contribution is -0.906. The molecular weight excluding hydrogens is 246 g/mol. The van der Waals surface area contributed by atoms with E-state index in [1.807, 2.05) is 0 Å². The zero-order chi connectivity index (χ0) is 14.4. The highest BCUT2D eigenvalue weighted by Gasteiger charge is 2.17. The second-order valence-electron chi connectivity index (χ2n) is 6.51. The van der Waals surface area contributed by atoms with E-state index in [4.69, 9.17) is 4.74 Å². The molecule has 0 radical (unpaired) electrons. The van der Waals surface area contributed by atoms with Gasteiger partial charge in [-0.15, -0.1) is 0 Å². The molecule has 0 aromatic heterocycles. The Labute approximate surface area is 124 Å². The van der Waals surface area contributed by atoms with Gasteiger partial charge in [-0.3, -0.25) is 0 Å². The van der Waals surface area contributed by atoms with Crippen LogP contribution in [0, 0.1) is 19.8 Å². The van der Waals surface area contributed by atoms with Gasteiger partial charge < -0.3 is 9.64 Å². The third kappa shape index (κ3) is 4.82. The van der Waals surface area contributed by atoms with Gasteiger partial charge in [0.2, 0.25) is 0 Å². The van der Waals surface area contributed by atoms with Crippen molar-refractivity contribution in [1.29, 1.82) is 0 Å². The maximum Gasteiger partial charge on any atom is 0.122 e. The molecule has 112 valence electrons. The van der Waals surface area contributed by atoms with Crippen LogP contribution in [0.5, 0.6) is 5.75 Å². The number of nitrogens with one attached hydrogen (secondary N) is 1. The van der Waals surface area contributed by atoms with Gasteiger partial charge in [0, 0.05) is 0 Å². The second kappa shape index (κ2) is 7.68. The molecule has 1 heterocycles. The standard InChI is InChI=1S/C18H29NO/c1-15-8-11-19(12-9-15)10-4-5-13-20-18-7-6-16(2)14-17(18)3/h6-7,14-15H,4-5,8-13H2,1-3H3/p+1. The summed E-state index contributed by atoms with van der Waals surface area (Å²) in [6.07, 6.45) is 5.28. The summed E-state index contributed by atoms with van der Waals surface area (Å²) in [4.78, 5) is 1.80. The summed E-state index contributed by atoms with van der Waals surface area (Å²) in [6.45, 7) is 11.6. The number of aryl methyl sites for hydroxylation is 2. The molecule has 2 rings (SSSR count). The molecule has 0 aliphatic carbocycles. The summed E-state index contributed by atoms with van der Waals surface area (Å²) in [5.41, 5.74) is 2.55. The van der Waals surface area contributed by atoms with Crippen molar-refractivity contribution >= 4 is 0 Å². The number of unbranched alkanes of at least 4 members (excludes halogenated alkanes) is 1. The van der Waals surface area contributed by atoms with Crippen molar-refractivity contribution in [3.8, 4) is 5.75 Å². The molecule has 0 unspecified atom stereocenters. The Kier molecular flexibility index (Phi) is 5.90. The minimum Gasteiger partial charge on any atom is -0.493 e. The first-order chi connectivity index (χ1) is 9.65. The van der Waals surface area contributed by atoms with Gasteiger partial charge in [-0.25, -0.2) is 0 Å². The van der Waals surface area contributed by atoms with Crippen LogP contribution in [0.15, 0.2) is 18.2 Å². The monoisotopic (exact) mass is 276 g/mol. The van der Waals surface area contributed by atoms with Gasteiger partial charge in [-0.2, -0.15) is 0 Å². The lowest BCUT2D eigenvalue weighted by Gasteiger charge is -2.27. The van der Waals surface area contributed by atoms with Gasteiger partial charge in [0.05, 0.1) is 26.2 Å². The lowest BCUT2D eigenvalue weighted by atomic mass is 9.99. The number of ether oxygens (including phenoxy) is 1. The fourth-order valence-corrected chi connectivity index (χ4v) is 3.04. The van der Waals surface area contributed by atoms with Crippen molar-refractivity contribution < 1.29 is 9.64 Å². The molecule has 1 fully saturated rings. The Morgan fingerprint density at radius 2 is 1.90 bits per heavy atom. The third-order valence-corrected chi connectivity index (χ3v) is 4.49. The summed E-state index contributed by atoms with van der Waals surface area (Å²) in [6, 6.07) is 6.41. The Morgan fingerprint density at radius 3 is 2.60 bits per heavy atom. The van der Waals surface area contributed by atoms with Crippen LogP contribution in [0.2, 0.25) is 0 Å². The molecule has 1 N–H and O–H groups in total. The zero-order valence-corrected chi connectivity index (χ0v) is 13.4. The molecule has 1 aromatic carbocycles. The summed E-state index contributed by atoms with van der Waals surface area (Å²) in [5, 5.41) is 0. The van der Waals surface area contributed by atoms with E-state index in [-0.39, 0.29) is 0 Å². The fourth-order valence-electron chi connectivity index (χ4n) is 3.04. The molecule has 0 atom stereocenters. The normalized spacial score (nSPS) is 22.8. The Bertz CT molecular complexity index is 408. The number of rotatable bonds is 6. The minimum atomic E-state index is 0.855. The number of piperidine rings is 1. The summed E-state index contributed by atoms with van der Waals surface area (Å²) in [7, 11) is 0. The number of quaternary nitrogens is 1. The Hall–Kier alpha value is -1.02. The summed E-state index contributed by atoms with van der Waals surface area (Å²) in [5.74, 6) is 2.00. The SMILES string of the molecule is Cc1ccc(OCCCC[NH+]2CCC(C)CC2)c(C)c1. The average Bonchev–Trinajstić information content (AvgIpc) is 2.42.